The average Bonchev–Trinajstić information content (AvgIpc) is 2.99. The molecule has 4 heteroatoms. The van der Waals surface area contributed by atoms with E-state index in [1.54, 1.807) is 11.3 Å². The fraction of sp³-hybridized carbons (Fsp3) is 0.357. The van der Waals surface area contributed by atoms with Crippen molar-refractivity contribution in [1.29, 1.82) is 0 Å². The molecule has 0 amide bonds. The van der Waals surface area contributed by atoms with Crippen molar-refractivity contribution in [2.75, 3.05) is 6.54 Å². The van der Waals surface area contributed by atoms with Gasteiger partial charge in [0.2, 0.25) is 0 Å². The molecule has 0 N–H and O–H groups in total. The molecule has 2 aromatic rings. The maximum atomic E-state index is 4.28. The fourth-order valence-electron chi connectivity index (χ4n) is 2.39. The van der Waals surface area contributed by atoms with E-state index in [1.807, 2.05) is 6.08 Å². The van der Waals surface area contributed by atoms with Crippen LogP contribution < -0.4 is 0 Å². The molecule has 2 aromatic heterocycles. The van der Waals surface area contributed by atoms with Gasteiger partial charge >= 0.3 is 0 Å². The van der Waals surface area contributed by atoms with E-state index in [9.17, 15) is 0 Å². The van der Waals surface area contributed by atoms with E-state index >= 15 is 0 Å². The van der Waals surface area contributed by atoms with Crippen LogP contribution in [0, 0.1) is 5.51 Å². The number of hydrogen-bond acceptors (Lipinski definition) is 3. The second-order valence-electron chi connectivity index (χ2n) is 4.58. The van der Waals surface area contributed by atoms with Crippen LogP contribution in [0.15, 0.2) is 31.0 Å². The molecule has 18 heavy (non-hydrogen) atoms. The molecule has 0 spiro atoms. The molecule has 0 bridgehead atoms. The largest absolute Gasteiger partial charge is 0.346 e. The molecule has 0 aliphatic carbocycles. The number of thiazole rings is 1. The predicted octanol–water partition coefficient (Wildman–Crippen LogP) is 2.49. The molecule has 0 saturated heterocycles. The summed E-state index contributed by atoms with van der Waals surface area (Å²) >= 11 is 1.66. The Hall–Kier alpha value is -1.39. The van der Waals surface area contributed by atoms with Gasteiger partial charge in [0.1, 0.15) is 0 Å². The Balaban J connectivity index is 1.70. The van der Waals surface area contributed by atoms with Gasteiger partial charge in [0.25, 0.3) is 0 Å². The standard InChI is InChI=1S/C14H16N3S/c1-2-6-17-7-3-4-12(17)9-16-8-5-13-14(10-16)18-11-15-13/h2-4,7H,1,5-6,8-10H2. The first-order chi connectivity index (χ1) is 8.86. The second-order valence-corrected chi connectivity index (χ2v) is 5.46. The van der Waals surface area contributed by atoms with Gasteiger partial charge in [-0.15, -0.1) is 17.9 Å². The summed E-state index contributed by atoms with van der Waals surface area (Å²) in [5.74, 6) is 0. The third-order valence-corrected chi connectivity index (χ3v) is 4.13. The Kier molecular flexibility index (Phi) is 3.30. The lowest BCUT2D eigenvalue weighted by Gasteiger charge is -2.26. The molecule has 3 rings (SSSR count). The van der Waals surface area contributed by atoms with Gasteiger partial charge in [0.05, 0.1) is 5.69 Å². The number of nitrogens with zero attached hydrogens (tertiary/aromatic N) is 3. The first-order valence-corrected chi connectivity index (χ1v) is 7.00. The van der Waals surface area contributed by atoms with Gasteiger partial charge in [-0.3, -0.25) is 4.90 Å². The fourth-order valence-corrected chi connectivity index (χ4v) is 3.17. The molecule has 0 aromatic carbocycles. The van der Waals surface area contributed by atoms with E-state index < -0.39 is 0 Å². The van der Waals surface area contributed by atoms with Crippen molar-refractivity contribution < 1.29 is 0 Å². The third-order valence-electron chi connectivity index (χ3n) is 3.34. The summed E-state index contributed by atoms with van der Waals surface area (Å²) in [5.41, 5.74) is 5.60. The summed E-state index contributed by atoms with van der Waals surface area (Å²) in [6.45, 7) is 7.78. The molecule has 0 fully saturated rings. The number of fused-ring (bicyclic) bond motifs is 1. The molecule has 0 unspecified atom stereocenters. The van der Waals surface area contributed by atoms with E-state index in [4.69, 9.17) is 0 Å². The van der Waals surface area contributed by atoms with E-state index in [1.165, 1.54) is 16.3 Å². The Morgan fingerprint density at radius 2 is 2.50 bits per heavy atom. The van der Waals surface area contributed by atoms with Gasteiger partial charge in [0, 0.05) is 49.4 Å². The lowest BCUT2D eigenvalue weighted by Crippen LogP contribution is -2.30. The topological polar surface area (TPSA) is 21.1 Å². The summed E-state index contributed by atoms with van der Waals surface area (Å²) in [7, 11) is 0. The predicted molar refractivity (Wildman–Crippen MR) is 73.4 cm³/mol. The Morgan fingerprint density at radius 1 is 1.56 bits per heavy atom. The van der Waals surface area contributed by atoms with Crippen molar-refractivity contribution in [3.8, 4) is 0 Å². The summed E-state index contributed by atoms with van der Waals surface area (Å²) in [5, 5.41) is 0. The zero-order valence-electron chi connectivity index (χ0n) is 10.3. The van der Waals surface area contributed by atoms with Gasteiger partial charge in [-0.2, -0.15) is 0 Å². The number of allylic oxidation sites excluding steroid dienone is 1. The zero-order chi connectivity index (χ0) is 12.4. The highest BCUT2D eigenvalue weighted by Gasteiger charge is 2.19. The molecule has 3 nitrogen and oxygen atoms in total. The van der Waals surface area contributed by atoms with Crippen LogP contribution >= 0.6 is 11.3 Å². The molecule has 0 atom stereocenters. The van der Waals surface area contributed by atoms with Gasteiger partial charge in [-0.1, -0.05) is 6.08 Å². The Morgan fingerprint density at radius 3 is 3.39 bits per heavy atom. The zero-order valence-corrected chi connectivity index (χ0v) is 11.1. The normalized spacial score (nSPS) is 15.6. The van der Waals surface area contributed by atoms with Crippen LogP contribution in [0.2, 0.25) is 0 Å². The number of hydrogen-bond donors (Lipinski definition) is 0. The van der Waals surface area contributed by atoms with Crippen molar-refractivity contribution in [2.45, 2.75) is 26.1 Å². The quantitative estimate of drug-likeness (QED) is 0.786. The second kappa shape index (κ2) is 5.08. The highest BCUT2D eigenvalue weighted by atomic mass is 32.1. The van der Waals surface area contributed by atoms with Crippen LogP contribution in [0.3, 0.4) is 0 Å². The molecule has 1 aliphatic heterocycles. The van der Waals surface area contributed by atoms with Crippen molar-refractivity contribution in [1.82, 2.24) is 14.5 Å². The van der Waals surface area contributed by atoms with Gasteiger partial charge in [-0.05, 0) is 12.1 Å². The third kappa shape index (κ3) is 2.26. The van der Waals surface area contributed by atoms with Crippen LogP contribution in [0.5, 0.6) is 0 Å². The van der Waals surface area contributed by atoms with Crippen molar-refractivity contribution in [2.24, 2.45) is 0 Å². The first kappa shape index (κ1) is 11.7. The van der Waals surface area contributed by atoms with Crippen molar-refractivity contribution in [3.63, 3.8) is 0 Å². The van der Waals surface area contributed by atoms with E-state index in [0.717, 1.165) is 32.6 Å². The summed E-state index contributed by atoms with van der Waals surface area (Å²) in [4.78, 5) is 8.14. The maximum Gasteiger partial charge on any atom is 0.152 e. The molecule has 1 aliphatic rings. The minimum atomic E-state index is 0.885. The van der Waals surface area contributed by atoms with E-state index in [-0.39, 0.29) is 0 Å². The SMILES string of the molecule is C=CCn1cccc1CN1CCc2n[c]sc2C1. The van der Waals surface area contributed by atoms with Gasteiger partial charge in [-0.25, -0.2) is 4.98 Å². The van der Waals surface area contributed by atoms with E-state index in [2.05, 4.69) is 44.9 Å². The minimum absolute atomic E-state index is 0.885. The molecule has 0 saturated carbocycles. The number of aromatic nitrogens is 2. The van der Waals surface area contributed by atoms with Crippen molar-refractivity contribution in [3.05, 3.63) is 52.8 Å². The lowest BCUT2D eigenvalue weighted by atomic mass is 10.2. The maximum absolute atomic E-state index is 4.28. The summed E-state index contributed by atoms with van der Waals surface area (Å²) in [6, 6.07) is 4.30. The first-order valence-electron chi connectivity index (χ1n) is 6.18. The Bertz CT molecular complexity index is 541. The van der Waals surface area contributed by atoms with Crippen LogP contribution in [0.4, 0.5) is 0 Å². The monoisotopic (exact) mass is 258 g/mol. The molecule has 3 heterocycles. The molecular formula is C14H16N3S. The summed E-state index contributed by atoms with van der Waals surface area (Å²) < 4.78 is 2.25. The molecule has 1 radical (unpaired) electrons. The van der Waals surface area contributed by atoms with Crippen LogP contribution in [-0.4, -0.2) is 21.0 Å². The van der Waals surface area contributed by atoms with Gasteiger partial charge in [0.15, 0.2) is 5.51 Å². The van der Waals surface area contributed by atoms with Crippen LogP contribution in [0.1, 0.15) is 16.3 Å². The smallest absolute Gasteiger partial charge is 0.152 e. The molecule has 93 valence electrons. The lowest BCUT2D eigenvalue weighted by molar-refractivity contribution is 0.241. The average molecular weight is 258 g/mol. The highest BCUT2D eigenvalue weighted by molar-refractivity contribution is 7.09. The van der Waals surface area contributed by atoms with Gasteiger partial charge < -0.3 is 4.57 Å². The van der Waals surface area contributed by atoms with Crippen LogP contribution in [0.25, 0.3) is 0 Å². The molecular weight excluding hydrogens is 242 g/mol. The Labute approximate surface area is 111 Å². The van der Waals surface area contributed by atoms with E-state index in [0.29, 0.717) is 0 Å². The van der Waals surface area contributed by atoms with Crippen LogP contribution in [-0.2, 0) is 26.1 Å². The minimum Gasteiger partial charge on any atom is -0.346 e. The van der Waals surface area contributed by atoms with Crippen molar-refractivity contribution >= 4 is 11.3 Å². The highest BCUT2D eigenvalue weighted by Crippen LogP contribution is 2.22. The summed E-state index contributed by atoms with van der Waals surface area (Å²) in [6.07, 6.45) is 5.11. The number of rotatable bonds is 4.